The summed E-state index contributed by atoms with van der Waals surface area (Å²) in [6.07, 6.45) is 2.22. The topological polar surface area (TPSA) is 21.3 Å². The Kier molecular flexibility index (Phi) is 2.84. The second-order valence-corrected chi connectivity index (χ2v) is 3.29. The van der Waals surface area contributed by atoms with Gasteiger partial charge in [-0.15, -0.1) is 0 Å². The zero-order valence-electron chi connectivity index (χ0n) is 8.42. The number of para-hydroxylation sites is 1. The first-order valence-electron chi connectivity index (χ1n) is 5.03. The monoisotopic (exact) mass is 189 g/mol. The fourth-order valence-corrected chi connectivity index (χ4v) is 1.69. The van der Waals surface area contributed by atoms with Crippen LogP contribution in [-0.4, -0.2) is 19.7 Å². The van der Waals surface area contributed by atoms with Crippen molar-refractivity contribution < 1.29 is 4.74 Å². The van der Waals surface area contributed by atoms with E-state index in [4.69, 9.17) is 4.74 Å². The first kappa shape index (κ1) is 9.28. The molecule has 1 aliphatic heterocycles. The van der Waals surface area contributed by atoms with Crippen LogP contribution >= 0.6 is 0 Å². The summed E-state index contributed by atoms with van der Waals surface area (Å²) in [5.41, 5.74) is 2.56. The molecule has 14 heavy (non-hydrogen) atoms. The Labute approximate surface area is 84.6 Å². The average molecular weight is 189 g/mol. The van der Waals surface area contributed by atoms with E-state index < -0.39 is 0 Å². The van der Waals surface area contributed by atoms with Crippen molar-refractivity contribution in [2.45, 2.75) is 6.92 Å². The van der Waals surface area contributed by atoms with Crippen LogP contribution < -0.4 is 10.1 Å². The van der Waals surface area contributed by atoms with Crippen LogP contribution in [0.4, 0.5) is 0 Å². The fourth-order valence-electron chi connectivity index (χ4n) is 1.69. The SMILES string of the molecule is CCOc1ccccc1C1=CCNC1. The first-order chi connectivity index (χ1) is 6.92. The minimum absolute atomic E-state index is 0.720. The second kappa shape index (κ2) is 4.29. The lowest BCUT2D eigenvalue weighted by atomic mass is 10.1. The number of nitrogens with one attached hydrogen (secondary N) is 1. The van der Waals surface area contributed by atoms with Crippen molar-refractivity contribution >= 4 is 5.57 Å². The van der Waals surface area contributed by atoms with E-state index in [0.29, 0.717) is 0 Å². The van der Waals surface area contributed by atoms with Gasteiger partial charge in [0.1, 0.15) is 5.75 Å². The quantitative estimate of drug-likeness (QED) is 0.786. The van der Waals surface area contributed by atoms with Gasteiger partial charge in [0.25, 0.3) is 0 Å². The van der Waals surface area contributed by atoms with E-state index in [1.54, 1.807) is 0 Å². The molecule has 1 heterocycles. The normalized spacial score (nSPS) is 15.4. The molecule has 0 fully saturated rings. The lowest BCUT2D eigenvalue weighted by molar-refractivity contribution is 0.339. The van der Waals surface area contributed by atoms with E-state index in [9.17, 15) is 0 Å². The number of ether oxygens (including phenoxy) is 1. The van der Waals surface area contributed by atoms with Crippen molar-refractivity contribution in [1.29, 1.82) is 0 Å². The maximum Gasteiger partial charge on any atom is 0.126 e. The van der Waals surface area contributed by atoms with E-state index in [2.05, 4.69) is 23.5 Å². The molecule has 0 unspecified atom stereocenters. The van der Waals surface area contributed by atoms with Crippen molar-refractivity contribution in [2.24, 2.45) is 0 Å². The molecule has 0 saturated carbocycles. The molecule has 2 rings (SSSR count). The molecule has 1 N–H and O–H groups in total. The highest BCUT2D eigenvalue weighted by Gasteiger charge is 2.10. The molecule has 0 aromatic heterocycles. The average Bonchev–Trinajstić information content (AvgIpc) is 2.72. The van der Waals surface area contributed by atoms with Crippen LogP contribution in [0.15, 0.2) is 30.3 Å². The van der Waals surface area contributed by atoms with Crippen LogP contribution in [0.25, 0.3) is 5.57 Å². The van der Waals surface area contributed by atoms with Gasteiger partial charge in [-0.05, 0) is 18.6 Å². The van der Waals surface area contributed by atoms with Gasteiger partial charge in [-0.2, -0.15) is 0 Å². The summed E-state index contributed by atoms with van der Waals surface area (Å²) in [6.45, 7) is 4.65. The van der Waals surface area contributed by atoms with E-state index in [0.717, 1.165) is 25.4 Å². The standard InChI is InChI=1S/C12H15NO/c1-2-14-12-6-4-3-5-11(12)10-7-8-13-9-10/h3-7,13H,2,8-9H2,1H3. The third-order valence-corrected chi connectivity index (χ3v) is 2.34. The Morgan fingerprint density at radius 2 is 2.21 bits per heavy atom. The molecule has 1 aromatic rings. The highest BCUT2D eigenvalue weighted by atomic mass is 16.5. The summed E-state index contributed by atoms with van der Waals surface area (Å²) in [5.74, 6) is 0.991. The van der Waals surface area contributed by atoms with E-state index in [1.807, 2.05) is 19.1 Å². The first-order valence-corrected chi connectivity index (χ1v) is 5.03. The van der Waals surface area contributed by atoms with Crippen molar-refractivity contribution in [3.05, 3.63) is 35.9 Å². The van der Waals surface area contributed by atoms with Gasteiger partial charge in [0.15, 0.2) is 0 Å². The van der Waals surface area contributed by atoms with Crippen LogP contribution in [0.2, 0.25) is 0 Å². The van der Waals surface area contributed by atoms with Gasteiger partial charge in [0.2, 0.25) is 0 Å². The van der Waals surface area contributed by atoms with Crippen LogP contribution in [-0.2, 0) is 0 Å². The summed E-state index contributed by atoms with van der Waals surface area (Å²) in [7, 11) is 0. The summed E-state index contributed by atoms with van der Waals surface area (Å²) in [4.78, 5) is 0. The van der Waals surface area contributed by atoms with Gasteiger partial charge in [0.05, 0.1) is 6.61 Å². The van der Waals surface area contributed by atoms with Gasteiger partial charge in [-0.25, -0.2) is 0 Å². The van der Waals surface area contributed by atoms with Crippen molar-refractivity contribution in [1.82, 2.24) is 5.32 Å². The molecular formula is C12H15NO. The largest absolute Gasteiger partial charge is 0.493 e. The number of benzene rings is 1. The van der Waals surface area contributed by atoms with E-state index in [-0.39, 0.29) is 0 Å². The second-order valence-electron chi connectivity index (χ2n) is 3.29. The third-order valence-electron chi connectivity index (χ3n) is 2.34. The number of hydrogen-bond donors (Lipinski definition) is 1. The lowest BCUT2D eigenvalue weighted by Gasteiger charge is -2.10. The predicted molar refractivity (Wildman–Crippen MR) is 58.5 cm³/mol. The van der Waals surface area contributed by atoms with Crippen LogP contribution in [0.1, 0.15) is 12.5 Å². The zero-order chi connectivity index (χ0) is 9.80. The Bertz CT molecular complexity index is 344. The Morgan fingerprint density at radius 3 is 2.93 bits per heavy atom. The van der Waals surface area contributed by atoms with Crippen LogP contribution in [0.5, 0.6) is 5.75 Å². The van der Waals surface area contributed by atoms with E-state index in [1.165, 1.54) is 11.1 Å². The summed E-state index contributed by atoms with van der Waals surface area (Å²) in [5, 5.41) is 3.29. The molecule has 2 heteroatoms. The van der Waals surface area contributed by atoms with Gasteiger partial charge >= 0.3 is 0 Å². The summed E-state index contributed by atoms with van der Waals surface area (Å²) < 4.78 is 5.58. The zero-order valence-corrected chi connectivity index (χ0v) is 8.42. The molecule has 0 bridgehead atoms. The number of hydrogen-bond acceptors (Lipinski definition) is 2. The van der Waals surface area contributed by atoms with Gasteiger partial charge in [-0.3, -0.25) is 0 Å². The Hall–Kier alpha value is -1.28. The van der Waals surface area contributed by atoms with Gasteiger partial charge < -0.3 is 10.1 Å². The van der Waals surface area contributed by atoms with Crippen LogP contribution in [0.3, 0.4) is 0 Å². The van der Waals surface area contributed by atoms with Gasteiger partial charge in [0, 0.05) is 18.7 Å². The minimum Gasteiger partial charge on any atom is -0.493 e. The highest BCUT2D eigenvalue weighted by molar-refractivity contribution is 5.73. The predicted octanol–water partition coefficient (Wildman–Crippen LogP) is 2.07. The number of rotatable bonds is 3. The molecule has 2 nitrogen and oxygen atoms in total. The van der Waals surface area contributed by atoms with Gasteiger partial charge in [-0.1, -0.05) is 24.3 Å². The molecule has 0 aliphatic carbocycles. The molecule has 0 spiro atoms. The summed E-state index contributed by atoms with van der Waals surface area (Å²) in [6, 6.07) is 8.20. The van der Waals surface area contributed by atoms with Crippen molar-refractivity contribution in [3.63, 3.8) is 0 Å². The lowest BCUT2D eigenvalue weighted by Crippen LogP contribution is -2.08. The molecule has 0 radical (unpaired) electrons. The third kappa shape index (κ3) is 1.80. The maximum atomic E-state index is 5.58. The molecule has 0 atom stereocenters. The summed E-state index contributed by atoms with van der Waals surface area (Å²) >= 11 is 0. The highest BCUT2D eigenvalue weighted by Crippen LogP contribution is 2.26. The van der Waals surface area contributed by atoms with Crippen LogP contribution in [0, 0.1) is 0 Å². The minimum atomic E-state index is 0.720. The van der Waals surface area contributed by atoms with E-state index >= 15 is 0 Å². The smallest absolute Gasteiger partial charge is 0.126 e. The van der Waals surface area contributed by atoms with Crippen molar-refractivity contribution in [2.75, 3.05) is 19.7 Å². The molecular weight excluding hydrogens is 174 g/mol. The maximum absolute atomic E-state index is 5.58. The molecule has 0 amide bonds. The Balaban J connectivity index is 2.31. The molecule has 1 aliphatic rings. The van der Waals surface area contributed by atoms with Crippen molar-refractivity contribution in [3.8, 4) is 5.75 Å². The Morgan fingerprint density at radius 1 is 1.36 bits per heavy atom. The fraction of sp³-hybridized carbons (Fsp3) is 0.333. The molecule has 0 saturated heterocycles. The molecule has 74 valence electrons. The molecule has 1 aromatic carbocycles.